The van der Waals surface area contributed by atoms with Crippen LogP contribution in [-0.2, 0) is 16.0 Å². The van der Waals surface area contributed by atoms with Gasteiger partial charge < -0.3 is 10.5 Å². The highest BCUT2D eigenvalue weighted by Gasteiger charge is 2.32. The molecule has 1 aliphatic heterocycles. The minimum atomic E-state index is -0.449. The Balaban J connectivity index is 0.000000606. The van der Waals surface area contributed by atoms with Crippen molar-refractivity contribution in [2.45, 2.75) is 32.4 Å². The highest BCUT2D eigenvalue weighted by Crippen LogP contribution is 2.14. The molecule has 1 heterocycles. The van der Waals surface area contributed by atoms with E-state index in [-0.39, 0.29) is 18.5 Å². The second kappa shape index (κ2) is 6.40. The first-order valence-corrected chi connectivity index (χ1v) is 5.71. The molecule has 0 aliphatic carbocycles. The van der Waals surface area contributed by atoms with Crippen LogP contribution in [0.25, 0.3) is 0 Å². The van der Waals surface area contributed by atoms with Crippen LogP contribution >= 0.6 is 0 Å². The number of benzene rings is 1. The Morgan fingerprint density at radius 3 is 2.44 bits per heavy atom. The zero-order chi connectivity index (χ0) is 12.0. The highest BCUT2D eigenvalue weighted by molar-refractivity contribution is 5.87. The van der Waals surface area contributed by atoms with Gasteiger partial charge in [0, 0.05) is 6.42 Å². The van der Waals surface area contributed by atoms with Crippen molar-refractivity contribution >= 4 is 5.78 Å². The second-order valence-corrected chi connectivity index (χ2v) is 3.53. The molecule has 1 fully saturated rings. The Bertz CT molecular complexity index is 324. The predicted octanol–water partition coefficient (Wildman–Crippen LogP) is 1.55. The Hall–Kier alpha value is -1.19. The average Bonchev–Trinajstić information content (AvgIpc) is 2.65. The van der Waals surface area contributed by atoms with Crippen LogP contribution in [0.5, 0.6) is 0 Å². The van der Waals surface area contributed by atoms with Crippen LogP contribution in [0.2, 0.25) is 0 Å². The lowest BCUT2D eigenvalue weighted by molar-refractivity contribution is -0.118. The van der Waals surface area contributed by atoms with E-state index in [1.807, 2.05) is 44.2 Å². The van der Waals surface area contributed by atoms with Gasteiger partial charge in [0.1, 0.15) is 6.61 Å². The van der Waals surface area contributed by atoms with Crippen LogP contribution in [0.3, 0.4) is 0 Å². The van der Waals surface area contributed by atoms with Crippen LogP contribution < -0.4 is 5.73 Å². The molecule has 2 rings (SSSR count). The van der Waals surface area contributed by atoms with Crippen molar-refractivity contribution in [2.75, 3.05) is 6.61 Å². The number of ether oxygens (including phenoxy) is 1. The maximum atomic E-state index is 11.1. The largest absolute Gasteiger partial charge is 0.368 e. The van der Waals surface area contributed by atoms with E-state index >= 15 is 0 Å². The Labute approximate surface area is 96.6 Å². The average molecular weight is 221 g/mol. The molecule has 88 valence electrons. The molecule has 0 radical (unpaired) electrons. The van der Waals surface area contributed by atoms with E-state index < -0.39 is 6.04 Å². The fourth-order valence-electron chi connectivity index (χ4n) is 1.63. The van der Waals surface area contributed by atoms with Gasteiger partial charge in [-0.25, -0.2) is 0 Å². The van der Waals surface area contributed by atoms with E-state index in [9.17, 15) is 4.79 Å². The number of hydrogen-bond acceptors (Lipinski definition) is 3. The summed E-state index contributed by atoms with van der Waals surface area (Å²) >= 11 is 0. The second-order valence-electron chi connectivity index (χ2n) is 3.53. The molecule has 3 nitrogen and oxygen atoms in total. The van der Waals surface area contributed by atoms with Crippen molar-refractivity contribution in [3.63, 3.8) is 0 Å². The summed E-state index contributed by atoms with van der Waals surface area (Å²) in [7, 11) is 0. The smallest absolute Gasteiger partial charge is 0.177 e. The monoisotopic (exact) mass is 221 g/mol. The molecule has 1 saturated heterocycles. The molecule has 0 bridgehead atoms. The van der Waals surface area contributed by atoms with Gasteiger partial charge in [-0.1, -0.05) is 44.2 Å². The van der Waals surface area contributed by atoms with E-state index in [4.69, 9.17) is 10.5 Å². The van der Waals surface area contributed by atoms with Crippen molar-refractivity contribution in [1.82, 2.24) is 0 Å². The standard InChI is InChI=1S/C11H13NO2.C2H6/c12-11-9(13)7-14-10(11)6-8-4-2-1-3-5-8;1-2/h1-5,10-11H,6-7,12H2;1-2H3. The van der Waals surface area contributed by atoms with Gasteiger partial charge in [-0.15, -0.1) is 0 Å². The third-order valence-electron chi connectivity index (χ3n) is 2.49. The fourth-order valence-corrected chi connectivity index (χ4v) is 1.63. The van der Waals surface area contributed by atoms with E-state index in [2.05, 4.69) is 0 Å². The lowest BCUT2D eigenvalue weighted by Gasteiger charge is -2.12. The molecule has 1 aromatic carbocycles. The summed E-state index contributed by atoms with van der Waals surface area (Å²) in [5.74, 6) is 0.00549. The molecule has 1 aromatic rings. The van der Waals surface area contributed by atoms with Gasteiger partial charge in [-0.3, -0.25) is 4.79 Å². The molecule has 0 aromatic heterocycles. The third kappa shape index (κ3) is 3.15. The van der Waals surface area contributed by atoms with Crippen molar-refractivity contribution in [2.24, 2.45) is 5.73 Å². The predicted molar refractivity (Wildman–Crippen MR) is 64.2 cm³/mol. The minimum Gasteiger partial charge on any atom is -0.368 e. The molecular formula is C13H19NO2. The van der Waals surface area contributed by atoms with Gasteiger partial charge in [0.15, 0.2) is 5.78 Å². The number of carbonyl (C=O) groups excluding carboxylic acids is 1. The fraction of sp³-hybridized carbons (Fsp3) is 0.462. The van der Waals surface area contributed by atoms with Gasteiger partial charge >= 0.3 is 0 Å². The Kier molecular flexibility index (Phi) is 5.15. The maximum absolute atomic E-state index is 11.1. The first kappa shape index (κ1) is 12.9. The van der Waals surface area contributed by atoms with Crippen LogP contribution in [0.15, 0.2) is 30.3 Å². The lowest BCUT2D eigenvalue weighted by atomic mass is 10.0. The summed E-state index contributed by atoms with van der Waals surface area (Å²) in [5.41, 5.74) is 6.85. The minimum absolute atomic E-state index is 0.00549. The van der Waals surface area contributed by atoms with Gasteiger partial charge in [0.25, 0.3) is 0 Å². The molecule has 1 aliphatic rings. The molecule has 2 N–H and O–H groups in total. The third-order valence-corrected chi connectivity index (χ3v) is 2.49. The summed E-state index contributed by atoms with van der Waals surface area (Å²) in [6.45, 7) is 4.17. The van der Waals surface area contributed by atoms with Crippen molar-refractivity contribution < 1.29 is 9.53 Å². The van der Waals surface area contributed by atoms with E-state index in [1.54, 1.807) is 0 Å². The normalized spacial score (nSPS) is 23.8. The number of nitrogens with two attached hydrogens (primary N) is 1. The molecular weight excluding hydrogens is 202 g/mol. The number of hydrogen-bond donors (Lipinski definition) is 1. The van der Waals surface area contributed by atoms with Crippen LogP contribution in [0, 0.1) is 0 Å². The van der Waals surface area contributed by atoms with Gasteiger partial charge in [0.05, 0.1) is 12.1 Å². The van der Waals surface area contributed by atoms with Gasteiger partial charge in [-0.05, 0) is 5.56 Å². The number of rotatable bonds is 2. The van der Waals surface area contributed by atoms with Gasteiger partial charge in [-0.2, -0.15) is 0 Å². The zero-order valence-electron chi connectivity index (χ0n) is 9.85. The van der Waals surface area contributed by atoms with Crippen LogP contribution in [0.1, 0.15) is 19.4 Å². The molecule has 3 heteroatoms. The van der Waals surface area contributed by atoms with Crippen molar-refractivity contribution in [1.29, 1.82) is 0 Å². The van der Waals surface area contributed by atoms with Crippen molar-refractivity contribution in [3.05, 3.63) is 35.9 Å². The summed E-state index contributed by atoms with van der Waals surface area (Å²) in [4.78, 5) is 11.1. The van der Waals surface area contributed by atoms with Gasteiger partial charge in [0.2, 0.25) is 0 Å². The van der Waals surface area contributed by atoms with E-state index in [0.29, 0.717) is 6.42 Å². The van der Waals surface area contributed by atoms with E-state index in [1.165, 1.54) is 0 Å². The summed E-state index contributed by atoms with van der Waals surface area (Å²) in [5, 5.41) is 0. The summed E-state index contributed by atoms with van der Waals surface area (Å²) in [6.07, 6.45) is 0.568. The molecule has 0 spiro atoms. The van der Waals surface area contributed by atoms with E-state index in [0.717, 1.165) is 5.56 Å². The number of carbonyl (C=O) groups is 1. The Morgan fingerprint density at radius 1 is 1.31 bits per heavy atom. The van der Waals surface area contributed by atoms with Crippen molar-refractivity contribution in [3.8, 4) is 0 Å². The molecule has 2 unspecified atom stereocenters. The SMILES string of the molecule is CC.NC1C(=O)COC1Cc1ccccc1. The van der Waals surface area contributed by atoms with Crippen LogP contribution in [0.4, 0.5) is 0 Å². The summed E-state index contributed by atoms with van der Waals surface area (Å²) < 4.78 is 5.31. The zero-order valence-corrected chi connectivity index (χ0v) is 9.85. The maximum Gasteiger partial charge on any atom is 0.177 e. The quantitative estimate of drug-likeness (QED) is 0.824. The number of ketones is 1. The Morgan fingerprint density at radius 2 is 1.94 bits per heavy atom. The summed E-state index contributed by atoms with van der Waals surface area (Å²) in [6, 6.07) is 9.48. The molecule has 0 saturated carbocycles. The highest BCUT2D eigenvalue weighted by atomic mass is 16.5. The molecule has 2 atom stereocenters. The first-order chi connectivity index (χ1) is 7.77. The molecule has 16 heavy (non-hydrogen) atoms. The topological polar surface area (TPSA) is 52.3 Å². The first-order valence-electron chi connectivity index (χ1n) is 5.71. The number of Topliss-reactive ketones (excluding diaryl/α,β-unsaturated/α-hetero) is 1. The lowest BCUT2D eigenvalue weighted by Crippen LogP contribution is -2.37. The van der Waals surface area contributed by atoms with Crippen LogP contribution in [-0.4, -0.2) is 24.5 Å². The molecule has 0 amide bonds.